The summed E-state index contributed by atoms with van der Waals surface area (Å²) in [7, 11) is 0. The second kappa shape index (κ2) is 14.0. The zero-order valence-corrected chi connectivity index (χ0v) is 22.1. The number of ether oxygens (including phenoxy) is 2. The van der Waals surface area contributed by atoms with Crippen LogP contribution in [0.4, 0.5) is 0 Å². The highest BCUT2D eigenvalue weighted by atomic mass is 16.5. The van der Waals surface area contributed by atoms with Gasteiger partial charge >= 0.3 is 0 Å². The van der Waals surface area contributed by atoms with Crippen molar-refractivity contribution >= 4 is 11.8 Å². The Morgan fingerprint density at radius 1 is 1.03 bits per heavy atom. The predicted octanol–water partition coefficient (Wildman–Crippen LogP) is 4.05. The molecule has 4 rings (SSSR count). The number of nitrogens with one attached hydrogen (secondary N) is 1. The number of hydrogen-bond donors (Lipinski definition) is 1. The zero-order chi connectivity index (χ0) is 25.9. The number of hydrogen-bond acceptors (Lipinski definition) is 5. The summed E-state index contributed by atoms with van der Waals surface area (Å²) in [6, 6.07) is 16.5. The molecule has 0 bridgehead atoms. The van der Waals surface area contributed by atoms with E-state index >= 15 is 0 Å². The smallest absolute Gasteiger partial charge is 0.236 e. The van der Waals surface area contributed by atoms with E-state index in [4.69, 9.17) is 9.47 Å². The molecule has 2 amide bonds. The van der Waals surface area contributed by atoms with Gasteiger partial charge in [0.1, 0.15) is 0 Å². The van der Waals surface area contributed by atoms with Crippen LogP contribution in [0.1, 0.15) is 50.2 Å². The summed E-state index contributed by atoms with van der Waals surface area (Å²) in [5.74, 6) is 2.08. The molecule has 37 heavy (non-hydrogen) atoms. The van der Waals surface area contributed by atoms with E-state index in [0.717, 1.165) is 62.9 Å². The molecule has 1 N–H and O–H groups in total. The van der Waals surface area contributed by atoms with E-state index in [0.29, 0.717) is 38.0 Å². The van der Waals surface area contributed by atoms with Crippen LogP contribution in [-0.2, 0) is 22.6 Å². The minimum atomic E-state index is -0.0444. The summed E-state index contributed by atoms with van der Waals surface area (Å²) in [6.07, 6.45) is 5.89. The van der Waals surface area contributed by atoms with Crippen LogP contribution in [0.3, 0.4) is 0 Å². The first-order valence-corrected chi connectivity index (χ1v) is 13.8. The van der Waals surface area contributed by atoms with Gasteiger partial charge in [0.15, 0.2) is 11.5 Å². The number of nitrogens with zero attached hydrogens (tertiary/aromatic N) is 2. The first-order chi connectivity index (χ1) is 18.1. The molecular weight excluding hydrogens is 466 g/mol. The summed E-state index contributed by atoms with van der Waals surface area (Å²) >= 11 is 0. The van der Waals surface area contributed by atoms with Crippen molar-refractivity contribution in [1.29, 1.82) is 0 Å². The maximum absolute atomic E-state index is 13.3. The molecule has 0 spiro atoms. The summed E-state index contributed by atoms with van der Waals surface area (Å²) in [6.45, 7) is 6.11. The van der Waals surface area contributed by atoms with Gasteiger partial charge in [0, 0.05) is 31.7 Å². The third-order valence-corrected chi connectivity index (χ3v) is 7.20. The van der Waals surface area contributed by atoms with Gasteiger partial charge in [-0.15, -0.1) is 0 Å². The Kier molecular flexibility index (Phi) is 10.2. The number of carbonyl (C=O) groups excluding carboxylic acids is 2. The Labute approximate surface area is 221 Å². The average molecular weight is 508 g/mol. The fraction of sp³-hybridized carbons (Fsp3) is 0.533. The van der Waals surface area contributed by atoms with Gasteiger partial charge in [-0.25, -0.2) is 0 Å². The van der Waals surface area contributed by atoms with Crippen molar-refractivity contribution in [3.63, 3.8) is 0 Å². The fourth-order valence-electron chi connectivity index (χ4n) is 5.22. The molecule has 0 saturated carbocycles. The first-order valence-electron chi connectivity index (χ1n) is 13.8. The van der Waals surface area contributed by atoms with Gasteiger partial charge in [0.25, 0.3) is 0 Å². The quantitative estimate of drug-likeness (QED) is 0.639. The average Bonchev–Trinajstić information content (AvgIpc) is 2.91. The molecule has 0 unspecified atom stereocenters. The maximum Gasteiger partial charge on any atom is 0.236 e. The van der Waals surface area contributed by atoms with E-state index in [2.05, 4.69) is 29.6 Å². The highest BCUT2D eigenvalue weighted by Gasteiger charge is 2.26. The van der Waals surface area contributed by atoms with Crippen molar-refractivity contribution in [2.75, 3.05) is 45.9 Å². The molecule has 0 aliphatic carbocycles. The molecule has 1 saturated heterocycles. The van der Waals surface area contributed by atoms with E-state index < -0.39 is 0 Å². The second-order valence-electron chi connectivity index (χ2n) is 10.1. The number of amides is 2. The lowest BCUT2D eigenvalue weighted by atomic mass is 9.90. The van der Waals surface area contributed by atoms with Crippen LogP contribution in [0.25, 0.3) is 0 Å². The maximum atomic E-state index is 13.3. The summed E-state index contributed by atoms with van der Waals surface area (Å²) in [5, 5.41) is 3.02. The minimum Gasteiger partial charge on any atom is -0.490 e. The molecule has 2 aliphatic rings. The lowest BCUT2D eigenvalue weighted by molar-refractivity contribution is -0.134. The summed E-state index contributed by atoms with van der Waals surface area (Å²) in [5.41, 5.74) is 2.30. The third kappa shape index (κ3) is 8.22. The van der Waals surface area contributed by atoms with E-state index in [9.17, 15) is 9.59 Å². The van der Waals surface area contributed by atoms with Gasteiger partial charge in [0.2, 0.25) is 11.8 Å². The number of carbonyl (C=O) groups is 2. The van der Waals surface area contributed by atoms with Gasteiger partial charge in [0.05, 0.1) is 26.3 Å². The number of likely N-dealkylation sites (tertiary alicyclic amines) is 1. The third-order valence-electron chi connectivity index (χ3n) is 7.20. The van der Waals surface area contributed by atoms with Crippen LogP contribution >= 0.6 is 0 Å². The Hall–Kier alpha value is -3.06. The SMILES string of the molecule is CCOc1cccc2c1OCCCCCNC(=O)CN(CC(=O)N1CCC(Cc3ccccc3)CC1)C2. The Morgan fingerprint density at radius 3 is 2.62 bits per heavy atom. The Morgan fingerprint density at radius 2 is 1.84 bits per heavy atom. The van der Waals surface area contributed by atoms with E-state index in [1.165, 1.54) is 5.56 Å². The van der Waals surface area contributed by atoms with Crippen molar-refractivity contribution in [2.45, 2.75) is 52.0 Å². The Bertz CT molecular complexity index is 1010. The summed E-state index contributed by atoms with van der Waals surface area (Å²) in [4.78, 5) is 30.0. The van der Waals surface area contributed by atoms with E-state index in [1.807, 2.05) is 41.0 Å². The summed E-state index contributed by atoms with van der Waals surface area (Å²) < 4.78 is 12.0. The van der Waals surface area contributed by atoms with Crippen molar-refractivity contribution in [2.24, 2.45) is 5.92 Å². The van der Waals surface area contributed by atoms with Gasteiger partial charge in [-0.05, 0) is 63.0 Å². The molecule has 7 heteroatoms. The molecule has 0 radical (unpaired) electrons. The van der Waals surface area contributed by atoms with Crippen molar-refractivity contribution in [1.82, 2.24) is 15.1 Å². The molecule has 200 valence electrons. The Balaban J connectivity index is 1.42. The van der Waals surface area contributed by atoms with Gasteiger partial charge < -0.3 is 19.7 Å². The lowest BCUT2D eigenvalue weighted by Crippen LogP contribution is -2.46. The van der Waals surface area contributed by atoms with Crippen LogP contribution in [0.15, 0.2) is 48.5 Å². The number of fused-ring (bicyclic) bond motifs is 1. The van der Waals surface area contributed by atoms with Gasteiger partial charge in [-0.2, -0.15) is 0 Å². The second-order valence-corrected chi connectivity index (χ2v) is 10.1. The normalized spacial score (nSPS) is 18.4. The number of para-hydroxylation sites is 1. The molecule has 2 aromatic carbocycles. The van der Waals surface area contributed by atoms with Crippen LogP contribution in [-0.4, -0.2) is 67.6 Å². The lowest BCUT2D eigenvalue weighted by Gasteiger charge is -2.34. The molecular formula is C30H41N3O4. The number of rotatable bonds is 6. The first kappa shape index (κ1) is 27.0. The van der Waals surface area contributed by atoms with Crippen LogP contribution in [0.2, 0.25) is 0 Å². The molecule has 2 aromatic rings. The van der Waals surface area contributed by atoms with E-state index in [1.54, 1.807) is 0 Å². The molecule has 0 atom stereocenters. The standard InChI is InChI=1S/C30H41N3O4/c1-2-36-27-13-9-12-26-21-32(22-28(34)31-16-7-4-8-19-37-30(26)27)23-29(35)33-17-14-25(15-18-33)20-24-10-5-3-6-11-24/h3,5-6,9-13,25H,2,4,7-8,14-23H2,1H3,(H,31,34). The highest BCUT2D eigenvalue weighted by molar-refractivity contribution is 5.81. The van der Waals surface area contributed by atoms with Crippen LogP contribution in [0, 0.1) is 5.92 Å². The van der Waals surface area contributed by atoms with Gasteiger partial charge in [-0.3, -0.25) is 14.5 Å². The minimum absolute atomic E-state index is 0.0444. The highest BCUT2D eigenvalue weighted by Crippen LogP contribution is 2.33. The van der Waals surface area contributed by atoms with Crippen LogP contribution < -0.4 is 14.8 Å². The largest absolute Gasteiger partial charge is 0.490 e. The van der Waals surface area contributed by atoms with Gasteiger partial charge in [-0.1, -0.05) is 42.5 Å². The monoisotopic (exact) mass is 507 g/mol. The molecule has 7 nitrogen and oxygen atoms in total. The number of benzene rings is 2. The molecule has 0 aromatic heterocycles. The van der Waals surface area contributed by atoms with Crippen molar-refractivity contribution < 1.29 is 19.1 Å². The zero-order valence-electron chi connectivity index (χ0n) is 22.1. The van der Waals surface area contributed by atoms with E-state index in [-0.39, 0.29) is 24.9 Å². The van der Waals surface area contributed by atoms with Crippen LogP contribution in [0.5, 0.6) is 11.5 Å². The fourth-order valence-corrected chi connectivity index (χ4v) is 5.22. The topological polar surface area (TPSA) is 71.1 Å². The van der Waals surface area contributed by atoms with Crippen molar-refractivity contribution in [3.8, 4) is 11.5 Å². The van der Waals surface area contributed by atoms with Crippen molar-refractivity contribution in [3.05, 3.63) is 59.7 Å². The number of piperidine rings is 1. The predicted molar refractivity (Wildman–Crippen MR) is 145 cm³/mol. The molecule has 2 heterocycles. The molecule has 1 fully saturated rings. The molecule has 2 aliphatic heterocycles.